The van der Waals surface area contributed by atoms with Crippen LogP contribution in [0.3, 0.4) is 0 Å². The molecule has 0 unspecified atom stereocenters. The highest BCUT2D eigenvalue weighted by Gasteiger charge is 2.07. The Balaban J connectivity index is 1.91. The molecule has 0 spiro atoms. The molecule has 0 aromatic carbocycles. The molecule has 6 nitrogen and oxygen atoms in total. The largest absolute Gasteiger partial charge is 0.346 e. The Morgan fingerprint density at radius 3 is 3.05 bits per heavy atom. The normalized spacial score (nSPS) is 11.4. The van der Waals surface area contributed by atoms with E-state index < -0.39 is 0 Å². The third-order valence-electron chi connectivity index (χ3n) is 2.97. The van der Waals surface area contributed by atoms with E-state index in [9.17, 15) is 0 Å². The topological polar surface area (TPSA) is 71.8 Å². The smallest absolute Gasteiger partial charge is 0.182 e. The third-order valence-corrected chi connectivity index (χ3v) is 2.97. The average Bonchev–Trinajstić information content (AvgIpc) is 3.01. The second kappa shape index (κ2) is 3.61. The molecule has 0 saturated carbocycles. The van der Waals surface area contributed by atoms with E-state index in [4.69, 9.17) is 0 Å². The van der Waals surface area contributed by atoms with Crippen molar-refractivity contribution in [2.24, 2.45) is 0 Å². The second-order valence-corrected chi connectivity index (χ2v) is 4.38. The minimum atomic E-state index is 0.600. The maximum absolute atomic E-state index is 4.47. The number of hydrogen-bond acceptors (Lipinski definition) is 4. The van der Waals surface area contributed by atoms with Gasteiger partial charge in [-0.15, -0.1) is 0 Å². The van der Waals surface area contributed by atoms with Gasteiger partial charge in [0.25, 0.3) is 0 Å². The Bertz CT molecular complexity index is 888. The molecule has 0 fully saturated rings. The number of H-pyrrole nitrogens is 1. The molecule has 0 aliphatic carbocycles. The van der Waals surface area contributed by atoms with Crippen LogP contribution in [0.25, 0.3) is 28.2 Å². The molecule has 0 aliphatic heterocycles. The number of aryl methyl sites for hydroxylation is 1. The van der Waals surface area contributed by atoms with Gasteiger partial charge in [-0.05, 0) is 25.1 Å². The molecule has 92 valence electrons. The molecule has 4 rings (SSSR count). The van der Waals surface area contributed by atoms with Crippen molar-refractivity contribution < 1.29 is 0 Å². The van der Waals surface area contributed by atoms with E-state index in [-0.39, 0.29) is 0 Å². The first-order valence-corrected chi connectivity index (χ1v) is 5.93. The van der Waals surface area contributed by atoms with Crippen LogP contribution in [0.2, 0.25) is 0 Å². The zero-order chi connectivity index (χ0) is 12.8. The van der Waals surface area contributed by atoms with Gasteiger partial charge in [-0.2, -0.15) is 5.10 Å². The number of fused-ring (bicyclic) bond motifs is 2. The van der Waals surface area contributed by atoms with Crippen molar-refractivity contribution in [2.75, 3.05) is 0 Å². The van der Waals surface area contributed by atoms with Crippen molar-refractivity contribution in [3.8, 4) is 11.5 Å². The molecule has 1 N–H and O–H groups in total. The standard InChI is InChI=1S/C13H10N6/c1-8-7-19-11(16-8)3-2-10(18-19)13-15-6-9-4-5-14-12(9)17-13/h2-7H,1H3,(H,14,15,17). The van der Waals surface area contributed by atoms with Crippen LogP contribution in [-0.2, 0) is 0 Å². The van der Waals surface area contributed by atoms with Gasteiger partial charge in [-0.25, -0.2) is 19.5 Å². The minimum Gasteiger partial charge on any atom is -0.346 e. The molecule has 0 saturated heterocycles. The van der Waals surface area contributed by atoms with Crippen molar-refractivity contribution >= 4 is 16.7 Å². The van der Waals surface area contributed by atoms with Crippen LogP contribution in [0, 0.1) is 6.92 Å². The number of hydrogen-bond donors (Lipinski definition) is 1. The van der Waals surface area contributed by atoms with Crippen molar-refractivity contribution in [1.82, 2.24) is 29.5 Å². The lowest BCUT2D eigenvalue weighted by Crippen LogP contribution is -1.96. The van der Waals surface area contributed by atoms with Gasteiger partial charge in [-0.1, -0.05) is 0 Å². The van der Waals surface area contributed by atoms with Crippen LogP contribution in [0.1, 0.15) is 5.69 Å². The summed E-state index contributed by atoms with van der Waals surface area (Å²) in [4.78, 5) is 16.2. The van der Waals surface area contributed by atoms with E-state index in [2.05, 4.69) is 25.0 Å². The fraction of sp³-hybridized carbons (Fsp3) is 0.0769. The summed E-state index contributed by atoms with van der Waals surface area (Å²) in [5.41, 5.74) is 3.29. The van der Waals surface area contributed by atoms with Crippen LogP contribution in [0.15, 0.2) is 36.8 Å². The highest BCUT2D eigenvalue weighted by atomic mass is 15.3. The van der Waals surface area contributed by atoms with Crippen molar-refractivity contribution in [2.45, 2.75) is 6.92 Å². The Morgan fingerprint density at radius 2 is 2.11 bits per heavy atom. The number of nitrogens with zero attached hydrogens (tertiary/aromatic N) is 5. The van der Waals surface area contributed by atoms with Gasteiger partial charge in [0.2, 0.25) is 0 Å². The van der Waals surface area contributed by atoms with Crippen LogP contribution in [-0.4, -0.2) is 29.5 Å². The molecule has 0 amide bonds. The Labute approximate surface area is 108 Å². The van der Waals surface area contributed by atoms with Crippen LogP contribution in [0.5, 0.6) is 0 Å². The lowest BCUT2D eigenvalue weighted by molar-refractivity contribution is 0.930. The summed E-state index contributed by atoms with van der Waals surface area (Å²) in [6.45, 7) is 1.94. The van der Waals surface area contributed by atoms with Crippen LogP contribution >= 0.6 is 0 Å². The number of aromatic amines is 1. The fourth-order valence-corrected chi connectivity index (χ4v) is 2.08. The minimum absolute atomic E-state index is 0.600. The second-order valence-electron chi connectivity index (χ2n) is 4.38. The summed E-state index contributed by atoms with van der Waals surface area (Å²) < 4.78 is 1.74. The number of aromatic nitrogens is 6. The summed E-state index contributed by atoms with van der Waals surface area (Å²) in [5.74, 6) is 0.600. The zero-order valence-electron chi connectivity index (χ0n) is 10.2. The predicted molar refractivity (Wildman–Crippen MR) is 70.6 cm³/mol. The number of nitrogens with one attached hydrogen (secondary N) is 1. The van der Waals surface area contributed by atoms with Gasteiger partial charge < -0.3 is 4.98 Å². The van der Waals surface area contributed by atoms with Gasteiger partial charge >= 0.3 is 0 Å². The molecule has 19 heavy (non-hydrogen) atoms. The summed E-state index contributed by atoms with van der Waals surface area (Å²) >= 11 is 0. The molecule has 0 bridgehead atoms. The quantitative estimate of drug-likeness (QED) is 0.560. The average molecular weight is 250 g/mol. The first-order valence-electron chi connectivity index (χ1n) is 5.93. The first kappa shape index (κ1) is 10.2. The SMILES string of the molecule is Cc1cn2nc(-c3ncc4cc[nH]c4n3)ccc2n1. The van der Waals surface area contributed by atoms with Gasteiger partial charge in [0.05, 0.1) is 11.9 Å². The summed E-state index contributed by atoms with van der Waals surface area (Å²) in [6.07, 6.45) is 5.52. The molecule has 4 aromatic rings. The van der Waals surface area contributed by atoms with Crippen molar-refractivity contribution in [3.05, 3.63) is 42.5 Å². The van der Waals surface area contributed by atoms with E-state index in [1.165, 1.54) is 0 Å². The molecular weight excluding hydrogens is 240 g/mol. The third kappa shape index (κ3) is 1.57. The van der Waals surface area contributed by atoms with Crippen molar-refractivity contribution in [3.63, 3.8) is 0 Å². The summed E-state index contributed by atoms with van der Waals surface area (Å²) in [6, 6.07) is 5.73. The van der Waals surface area contributed by atoms with Crippen LogP contribution in [0.4, 0.5) is 0 Å². The predicted octanol–water partition coefficient (Wildman–Crippen LogP) is 1.98. The van der Waals surface area contributed by atoms with E-state index in [1.807, 2.05) is 37.5 Å². The van der Waals surface area contributed by atoms with E-state index in [0.29, 0.717) is 5.82 Å². The summed E-state index contributed by atoms with van der Waals surface area (Å²) in [5, 5.41) is 5.46. The van der Waals surface area contributed by atoms with Gasteiger partial charge in [0.1, 0.15) is 11.3 Å². The lowest BCUT2D eigenvalue weighted by atomic mass is 10.3. The lowest BCUT2D eigenvalue weighted by Gasteiger charge is -2.00. The molecule has 0 radical (unpaired) electrons. The van der Waals surface area contributed by atoms with Crippen LogP contribution < -0.4 is 0 Å². The fourth-order valence-electron chi connectivity index (χ4n) is 2.08. The maximum Gasteiger partial charge on any atom is 0.182 e. The maximum atomic E-state index is 4.47. The van der Waals surface area contributed by atoms with Crippen molar-refractivity contribution in [1.29, 1.82) is 0 Å². The molecular formula is C13H10N6. The van der Waals surface area contributed by atoms with Gasteiger partial charge in [-0.3, -0.25) is 0 Å². The monoisotopic (exact) mass is 250 g/mol. The molecule has 0 atom stereocenters. The number of imidazole rings is 1. The highest BCUT2D eigenvalue weighted by molar-refractivity contribution is 5.76. The molecule has 6 heteroatoms. The Kier molecular flexibility index (Phi) is 1.94. The van der Waals surface area contributed by atoms with Gasteiger partial charge in [0.15, 0.2) is 11.5 Å². The Morgan fingerprint density at radius 1 is 1.16 bits per heavy atom. The first-order chi connectivity index (χ1) is 9.29. The molecule has 0 aliphatic rings. The van der Waals surface area contributed by atoms with Gasteiger partial charge in [0, 0.05) is 17.8 Å². The van der Waals surface area contributed by atoms with E-state index in [1.54, 1.807) is 10.7 Å². The van der Waals surface area contributed by atoms with E-state index >= 15 is 0 Å². The van der Waals surface area contributed by atoms with E-state index in [0.717, 1.165) is 28.1 Å². The zero-order valence-corrected chi connectivity index (χ0v) is 10.2. The molecule has 4 heterocycles. The Hall–Kier alpha value is -2.76. The highest BCUT2D eigenvalue weighted by Crippen LogP contribution is 2.16. The number of rotatable bonds is 1. The summed E-state index contributed by atoms with van der Waals surface area (Å²) in [7, 11) is 0. The molecule has 4 aromatic heterocycles.